The Morgan fingerprint density at radius 1 is 1.28 bits per heavy atom. The summed E-state index contributed by atoms with van der Waals surface area (Å²) in [5.41, 5.74) is 1.45. The number of nitrogens with zero attached hydrogens (tertiary/aromatic N) is 2. The van der Waals surface area contributed by atoms with Crippen molar-refractivity contribution in [3.8, 4) is 0 Å². The molecule has 0 bridgehead atoms. The molecule has 1 atom stereocenters. The van der Waals surface area contributed by atoms with Crippen LogP contribution in [0.4, 0.5) is 0 Å². The lowest BCUT2D eigenvalue weighted by Gasteiger charge is -2.30. The maximum absolute atomic E-state index is 12.6. The molecule has 1 unspecified atom stereocenters. The maximum Gasteiger partial charge on any atom is 0.334 e. The van der Waals surface area contributed by atoms with E-state index in [9.17, 15) is 14.7 Å². The van der Waals surface area contributed by atoms with E-state index in [0.717, 1.165) is 17.0 Å². The molecule has 2 N–H and O–H groups in total. The number of carbonyl (C=O) groups is 2. The molecule has 1 aromatic heterocycles. The predicted octanol–water partition coefficient (Wildman–Crippen LogP) is 2.74. The van der Waals surface area contributed by atoms with Crippen molar-refractivity contribution in [3.63, 3.8) is 0 Å². The van der Waals surface area contributed by atoms with E-state index in [0.29, 0.717) is 10.6 Å². The van der Waals surface area contributed by atoms with Crippen molar-refractivity contribution in [2.75, 3.05) is 0 Å². The number of benzene rings is 1. The summed E-state index contributed by atoms with van der Waals surface area (Å²) < 4.78 is 1.71. The Balaban J connectivity index is 2.32. The molecule has 0 aliphatic rings. The Kier molecular flexibility index (Phi) is 5.52. The first-order valence-electron chi connectivity index (χ1n) is 8.00. The summed E-state index contributed by atoms with van der Waals surface area (Å²) in [5, 5.41) is 17.3. The third-order valence-electron chi connectivity index (χ3n) is 4.58. The number of aryl methyl sites for hydroxylation is 2. The molecule has 0 saturated carbocycles. The molecule has 6 nitrogen and oxygen atoms in total. The second-order valence-corrected chi connectivity index (χ2v) is 6.51. The van der Waals surface area contributed by atoms with Gasteiger partial charge in [0.2, 0.25) is 5.91 Å². The zero-order valence-electron chi connectivity index (χ0n) is 14.8. The molecule has 0 aliphatic carbocycles. The Hall–Kier alpha value is -2.34. The number of nitrogens with one attached hydrogen (secondary N) is 1. The van der Waals surface area contributed by atoms with Crippen LogP contribution in [0.15, 0.2) is 24.3 Å². The van der Waals surface area contributed by atoms with Crippen LogP contribution in [0.1, 0.15) is 35.9 Å². The number of carboxylic acids is 1. The van der Waals surface area contributed by atoms with E-state index in [1.165, 1.54) is 0 Å². The van der Waals surface area contributed by atoms with Gasteiger partial charge in [0.25, 0.3) is 0 Å². The van der Waals surface area contributed by atoms with E-state index in [1.807, 2.05) is 20.9 Å². The molecule has 0 saturated heterocycles. The topological polar surface area (TPSA) is 84.2 Å². The molecule has 25 heavy (non-hydrogen) atoms. The van der Waals surface area contributed by atoms with Gasteiger partial charge in [-0.2, -0.15) is 5.10 Å². The van der Waals surface area contributed by atoms with Crippen LogP contribution < -0.4 is 5.32 Å². The van der Waals surface area contributed by atoms with E-state index in [1.54, 1.807) is 35.9 Å². The summed E-state index contributed by atoms with van der Waals surface area (Å²) in [7, 11) is 1.81. The molecule has 0 aliphatic heterocycles. The Morgan fingerprint density at radius 3 is 2.32 bits per heavy atom. The molecule has 7 heteroatoms. The van der Waals surface area contributed by atoms with Gasteiger partial charge in [-0.3, -0.25) is 9.48 Å². The highest BCUT2D eigenvalue weighted by Crippen LogP contribution is 2.27. The number of carboxylic acid groups (broad SMARTS) is 1. The zero-order chi connectivity index (χ0) is 18.8. The largest absolute Gasteiger partial charge is 0.479 e. The molecule has 1 heterocycles. The number of carbonyl (C=O) groups excluding carboxylic acids is 1. The highest BCUT2D eigenvalue weighted by Gasteiger charge is 2.40. The van der Waals surface area contributed by atoms with Gasteiger partial charge in [-0.15, -0.1) is 0 Å². The number of rotatable bonds is 6. The van der Waals surface area contributed by atoms with Gasteiger partial charge in [0.05, 0.1) is 12.1 Å². The summed E-state index contributed by atoms with van der Waals surface area (Å²) in [6, 6.07) is 6.49. The van der Waals surface area contributed by atoms with E-state index in [-0.39, 0.29) is 18.7 Å². The van der Waals surface area contributed by atoms with Crippen LogP contribution in [0, 0.1) is 13.8 Å². The smallest absolute Gasteiger partial charge is 0.334 e. The van der Waals surface area contributed by atoms with Crippen LogP contribution >= 0.6 is 11.6 Å². The van der Waals surface area contributed by atoms with E-state index in [4.69, 9.17) is 11.6 Å². The second kappa shape index (κ2) is 7.27. The highest BCUT2D eigenvalue weighted by atomic mass is 35.5. The first kappa shape index (κ1) is 19.0. The highest BCUT2D eigenvalue weighted by molar-refractivity contribution is 6.30. The van der Waals surface area contributed by atoms with Gasteiger partial charge >= 0.3 is 5.97 Å². The third-order valence-corrected chi connectivity index (χ3v) is 4.83. The Bertz CT molecular complexity index is 799. The van der Waals surface area contributed by atoms with Gasteiger partial charge in [0.15, 0.2) is 5.54 Å². The van der Waals surface area contributed by atoms with Gasteiger partial charge in [0, 0.05) is 23.3 Å². The number of halogens is 1. The first-order valence-corrected chi connectivity index (χ1v) is 8.38. The maximum atomic E-state index is 12.6. The molecule has 134 valence electrons. The standard InChI is InChI=1S/C18H22ClN3O3/c1-5-18(17(24)25,13-6-8-14(19)9-7-13)20-16(23)10-15-11(2)21-22(4)12(15)3/h6-9H,5,10H2,1-4H3,(H,20,23)(H,24,25). The van der Waals surface area contributed by atoms with Crippen molar-refractivity contribution in [2.24, 2.45) is 7.05 Å². The molecular weight excluding hydrogens is 342 g/mol. The fourth-order valence-electron chi connectivity index (χ4n) is 2.94. The minimum absolute atomic E-state index is 0.0775. The first-order chi connectivity index (χ1) is 11.7. The van der Waals surface area contributed by atoms with Crippen molar-refractivity contribution in [3.05, 3.63) is 51.8 Å². The van der Waals surface area contributed by atoms with Crippen LogP contribution in [-0.4, -0.2) is 26.8 Å². The normalized spacial score (nSPS) is 13.3. The van der Waals surface area contributed by atoms with Crippen molar-refractivity contribution >= 4 is 23.5 Å². The molecule has 1 aromatic carbocycles. The summed E-state index contributed by atoms with van der Waals surface area (Å²) >= 11 is 5.89. The van der Waals surface area contributed by atoms with Crippen LogP contribution in [0.3, 0.4) is 0 Å². The van der Waals surface area contributed by atoms with Crippen molar-refractivity contribution < 1.29 is 14.7 Å². The zero-order valence-corrected chi connectivity index (χ0v) is 15.5. The Morgan fingerprint density at radius 2 is 1.88 bits per heavy atom. The fraction of sp³-hybridized carbons (Fsp3) is 0.389. The lowest BCUT2D eigenvalue weighted by molar-refractivity contribution is -0.148. The number of hydrogen-bond donors (Lipinski definition) is 2. The second-order valence-electron chi connectivity index (χ2n) is 6.07. The van der Waals surface area contributed by atoms with Crippen LogP contribution in [0.2, 0.25) is 5.02 Å². The molecule has 2 rings (SSSR count). The van der Waals surface area contributed by atoms with Gasteiger partial charge < -0.3 is 10.4 Å². The molecule has 0 spiro atoms. The average molecular weight is 364 g/mol. The lowest BCUT2D eigenvalue weighted by atomic mass is 9.87. The lowest BCUT2D eigenvalue weighted by Crippen LogP contribution is -2.52. The number of aromatic nitrogens is 2. The summed E-state index contributed by atoms with van der Waals surface area (Å²) in [5.74, 6) is -1.47. The van der Waals surface area contributed by atoms with Gasteiger partial charge in [-0.25, -0.2) is 4.79 Å². The van der Waals surface area contributed by atoms with E-state index in [2.05, 4.69) is 10.4 Å². The number of aliphatic carboxylic acids is 1. The van der Waals surface area contributed by atoms with Gasteiger partial charge in [0.1, 0.15) is 0 Å². The molecule has 2 aromatic rings. The Labute approximate surface area is 151 Å². The summed E-state index contributed by atoms with van der Waals surface area (Å²) in [6.45, 7) is 5.44. The van der Waals surface area contributed by atoms with Crippen LogP contribution in [0.5, 0.6) is 0 Å². The average Bonchev–Trinajstić information content (AvgIpc) is 2.79. The van der Waals surface area contributed by atoms with Crippen molar-refractivity contribution in [1.29, 1.82) is 0 Å². The number of hydrogen-bond acceptors (Lipinski definition) is 3. The minimum atomic E-state index is -1.49. The third kappa shape index (κ3) is 3.69. The monoisotopic (exact) mass is 363 g/mol. The quantitative estimate of drug-likeness (QED) is 0.826. The molecule has 1 amide bonds. The van der Waals surface area contributed by atoms with Gasteiger partial charge in [-0.1, -0.05) is 30.7 Å². The summed E-state index contributed by atoms with van der Waals surface area (Å²) in [4.78, 5) is 24.6. The van der Waals surface area contributed by atoms with Crippen LogP contribution in [-0.2, 0) is 28.6 Å². The van der Waals surface area contributed by atoms with Crippen LogP contribution in [0.25, 0.3) is 0 Å². The minimum Gasteiger partial charge on any atom is -0.479 e. The predicted molar refractivity (Wildman–Crippen MR) is 95.6 cm³/mol. The van der Waals surface area contributed by atoms with Gasteiger partial charge in [-0.05, 0) is 38.0 Å². The fourth-order valence-corrected chi connectivity index (χ4v) is 3.07. The van der Waals surface area contributed by atoms with E-state index < -0.39 is 11.5 Å². The SMILES string of the molecule is CCC(NC(=O)Cc1c(C)nn(C)c1C)(C(=O)O)c1ccc(Cl)cc1. The summed E-state index contributed by atoms with van der Waals surface area (Å²) in [6.07, 6.45) is 0.287. The van der Waals surface area contributed by atoms with Crippen molar-refractivity contribution in [1.82, 2.24) is 15.1 Å². The number of amides is 1. The van der Waals surface area contributed by atoms with E-state index >= 15 is 0 Å². The molecule has 0 radical (unpaired) electrons. The molecular formula is C18H22ClN3O3. The molecule has 0 fully saturated rings. The van der Waals surface area contributed by atoms with Crippen molar-refractivity contribution in [2.45, 2.75) is 39.2 Å².